The molecule has 0 aliphatic heterocycles. The number of benzene rings is 2. The third-order valence-corrected chi connectivity index (χ3v) is 3.60. The molecule has 1 heterocycles. The predicted molar refractivity (Wildman–Crippen MR) is 81.5 cm³/mol. The first-order chi connectivity index (χ1) is 11.5. The molecule has 2 N–H and O–H groups in total. The van der Waals surface area contributed by atoms with Crippen LogP contribution in [0.2, 0.25) is 0 Å². The number of aliphatic hydroxyl groups is 1. The monoisotopic (exact) mass is 336 g/mol. The molecule has 124 valence electrons. The smallest absolute Gasteiger partial charge is 0.149 e. The summed E-state index contributed by atoms with van der Waals surface area (Å²) in [5.41, 5.74) is -0.0464. The Bertz CT molecular complexity index is 901. The summed E-state index contributed by atoms with van der Waals surface area (Å²) in [6.07, 6.45) is -0.0108. The summed E-state index contributed by atoms with van der Waals surface area (Å²) in [7, 11) is 0. The maximum atomic E-state index is 14.0. The van der Waals surface area contributed by atoms with Crippen LogP contribution in [0.1, 0.15) is 11.7 Å². The van der Waals surface area contributed by atoms with Gasteiger partial charge in [-0.1, -0.05) is 6.07 Å². The van der Waals surface area contributed by atoms with Crippen LogP contribution in [-0.4, -0.2) is 16.6 Å². The van der Waals surface area contributed by atoms with Crippen molar-refractivity contribution in [2.24, 2.45) is 0 Å². The second kappa shape index (κ2) is 6.45. The van der Waals surface area contributed by atoms with E-state index in [1.807, 2.05) is 0 Å². The van der Waals surface area contributed by atoms with Crippen molar-refractivity contribution in [3.05, 3.63) is 71.4 Å². The minimum atomic E-state index is -1.30. The van der Waals surface area contributed by atoms with Crippen molar-refractivity contribution in [1.82, 2.24) is 4.98 Å². The second-order valence-electron chi connectivity index (χ2n) is 5.17. The van der Waals surface area contributed by atoms with E-state index in [4.69, 9.17) is 0 Å². The van der Waals surface area contributed by atoms with E-state index in [9.17, 15) is 22.7 Å². The lowest BCUT2D eigenvalue weighted by Crippen LogP contribution is -2.14. The Hall–Kier alpha value is -2.67. The van der Waals surface area contributed by atoms with Gasteiger partial charge < -0.3 is 10.4 Å². The zero-order chi connectivity index (χ0) is 17.3. The molecule has 1 aromatic heterocycles. The Morgan fingerprint density at radius 1 is 0.958 bits per heavy atom. The quantitative estimate of drug-likeness (QED) is 0.710. The molecular formula is C17H12F4N2O. The normalized spacial score (nSPS) is 12.4. The summed E-state index contributed by atoms with van der Waals surface area (Å²) in [4.78, 5) is 3.79. The molecule has 0 saturated carbocycles. The van der Waals surface area contributed by atoms with Crippen LogP contribution in [0.25, 0.3) is 10.9 Å². The number of rotatable bonds is 4. The molecule has 0 spiro atoms. The fourth-order valence-electron chi connectivity index (χ4n) is 2.43. The highest BCUT2D eigenvalue weighted by molar-refractivity contribution is 5.91. The summed E-state index contributed by atoms with van der Waals surface area (Å²) in [6.45, 7) is -0.183. The summed E-state index contributed by atoms with van der Waals surface area (Å²) >= 11 is 0. The average Bonchev–Trinajstić information content (AvgIpc) is 2.56. The van der Waals surface area contributed by atoms with Crippen molar-refractivity contribution in [3.63, 3.8) is 0 Å². The maximum absolute atomic E-state index is 14.0. The lowest BCUT2D eigenvalue weighted by Gasteiger charge is -2.15. The summed E-state index contributed by atoms with van der Waals surface area (Å²) < 4.78 is 54.2. The van der Waals surface area contributed by atoms with E-state index in [1.165, 1.54) is 12.3 Å². The maximum Gasteiger partial charge on any atom is 0.149 e. The van der Waals surface area contributed by atoms with E-state index >= 15 is 0 Å². The van der Waals surface area contributed by atoms with Crippen LogP contribution in [0, 0.1) is 23.3 Å². The standard InChI is InChI=1S/C17H12F4N2O/c18-9-1-2-10(13(21)7-9)15(24)8-23-14-5-6-22-17-12(20)4-3-11(19)16(14)17/h1-7,15,24H,8H2,(H,22,23). The van der Waals surface area contributed by atoms with E-state index in [0.717, 1.165) is 24.3 Å². The first-order valence-electron chi connectivity index (χ1n) is 7.07. The minimum absolute atomic E-state index is 0.0655. The molecule has 3 rings (SSSR count). The van der Waals surface area contributed by atoms with Crippen LogP contribution in [0.5, 0.6) is 0 Å². The third kappa shape index (κ3) is 3.03. The van der Waals surface area contributed by atoms with Gasteiger partial charge in [0, 0.05) is 30.1 Å². The van der Waals surface area contributed by atoms with Crippen LogP contribution in [0.15, 0.2) is 42.6 Å². The zero-order valence-electron chi connectivity index (χ0n) is 12.2. The van der Waals surface area contributed by atoms with Gasteiger partial charge in [0.2, 0.25) is 0 Å². The van der Waals surface area contributed by atoms with Gasteiger partial charge in [-0.15, -0.1) is 0 Å². The number of aliphatic hydroxyl groups excluding tert-OH is 1. The second-order valence-corrected chi connectivity index (χ2v) is 5.17. The molecule has 0 aliphatic carbocycles. The fraction of sp³-hybridized carbons (Fsp3) is 0.118. The predicted octanol–water partition coefficient (Wildman–Crippen LogP) is 3.94. The molecule has 0 aliphatic rings. The van der Waals surface area contributed by atoms with E-state index < -0.39 is 29.4 Å². The van der Waals surface area contributed by atoms with Gasteiger partial charge in [0.1, 0.15) is 28.8 Å². The van der Waals surface area contributed by atoms with Crippen molar-refractivity contribution in [2.45, 2.75) is 6.10 Å². The van der Waals surface area contributed by atoms with Crippen LogP contribution >= 0.6 is 0 Å². The lowest BCUT2D eigenvalue weighted by molar-refractivity contribution is 0.186. The van der Waals surface area contributed by atoms with E-state index in [-0.39, 0.29) is 28.7 Å². The number of anilines is 1. The van der Waals surface area contributed by atoms with Gasteiger partial charge >= 0.3 is 0 Å². The van der Waals surface area contributed by atoms with Gasteiger partial charge in [-0.05, 0) is 24.3 Å². The van der Waals surface area contributed by atoms with Crippen molar-refractivity contribution < 1.29 is 22.7 Å². The van der Waals surface area contributed by atoms with Gasteiger partial charge in [0.05, 0.1) is 11.5 Å². The van der Waals surface area contributed by atoms with Gasteiger partial charge in [0.15, 0.2) is 0 Å². The number of halogens is 4. The number of fused-ring (bicyclic) bond motifs is 1. The molecule has 1 atom stereocenters. The largest absolute Gasteiger partial charge is 0.386 e. The van der Waals surface area contributed by atoms with E-state index in [2.05, 4.69) is 10.3 Å². The number of hydrogen-bond donors (Lipinski definition) is 2. The minimum Gasteiger partial charge on any atom is -0.386 e. The van der Waals surface area contributed by atoms with Crippen molar-refractivity contribution in [3.8, 4) is 0 Å². The molecular weight excluding hydrogens is 324 g/mol. The Morgan fingerprint density at radius 3 is 2.46 bits per heavy atom. The van der Waals surface area contributed by atoms with Gasteiger partial charge in [-0.2, -0.15) is 0 Å². The third-order valence-electron chi connectivity index (χ3n) is 3.60. The van der Waals surface area contributed by atoms with Crippen LogP contribution in [0.3, 0.4) is 0 Å². The molecule has 1 unspecified atom stereocenters. The molecule has 24 heavy (non-hydrogen) atoms. The Kier molecular flexibility index (Phi) is 4.35. The van der Waals surface area contributed by atoms with E-state index in [1.54, 1.807) is 0 Å². The Labute approximate surface area is 134 Å². The van der Waals surface area contributed by atoms with E-state index in [0.29, 0.717) is 6.07 Å². The molecule has 3 aromatic rings. The van der Waals surface area contributed by atoms with Gasteiger partial charge in [0.25, 0.3) is 0 Å². The van der Waals surface area contributed by atoms with Gasteiger partial charge in [-0.3, -0.25) is 4.98 Å². The molecule has 0 fully saturated rings. The number of nitrogens with zero attached hydrogens (tertiary/aromatic N) is 1. The number of nitrogens with one attached hydrogen (secondary N) is 1. The number of hydrogen-bond acceptors (Lipinski definition) is 3. The summed E-state index contributed by atoms with van der Waals surface area (Å²) in [6, 6.07) is 6.17. The molecule has 0 radical (unpaired) electrons. The lowest BCUT2D eigenvalue weighted by atomic mass is 10.1. The summed E-state index contributed by atoms with van der Waals surface area (Å²) in [5.74, 6) is -3.00. The molecule has 0 saturated heterocycles. The average molecular weight is 336 g/mol. The van der Waals surface area contributed by atoms with Crippen molar-refractivity contribution in [1.29, 1.82) is 0 Å². The molecule has 7 heteroatoms. The number of aromatic nitrogens is 1. The first kappa shape index (κ1) is 16.2. The highest BCUT2D eigenvalue weighted by Gasteiger charge is 2.16. The van der Waals surface area contributed by atoms with Gasteiger partial charge in [-0.25, -0.2) is 17.6 Å². The highest BCUT2D eigenvalue weighted by Crippen LogP contribution is 2.27. The van der Waals surface area contributed by atoms with Crippen molar-refractivity contribution in [2.75, 3.05) is 11.9 Å². The first-order valence-corrected chi connectivity index (χ1v) is 7.07. The zero-order valence-corrected chi connectivity index (χ0v) is 12.2. The molecule has 0 amide bonds. The molecule has 3 nitrogen and oxygen atoms in total. The molecule has 0 bridgehead atoms. The molecule has 2 aromatic carbocycles. The van der Waals surface area contributed by atoms with Crippen LogP contribution in [-0.2, 0) is 0 Å². The Morgan fingerprint density at radius 2 is 1.71 bits per heavy atom. The summed E-state index contributed by atoms with van der Waals surface area (Å²) in [5, 5.41) is 12.7. The highest BCUT2D eigenvalue weighted by atomic mass is 19.1. The van der Waals surface area contributed by atoms with Crippen LogP contribution in [0.4, 0.5) is 23.2 Å². The SMILES string of the molecule is OC(CNc1ccnc2c(F)ccc(F)c12)c1ccc(F)cc1F. The Balaban J connectivity index is 1.87. The fourth-order valence-corrected chi connectivity index (χ4v) is 2.43. The van der Waals surface area contributed by atoms with Crippen LogP contribution < -0.4 is 5.32 Å². The number of pyridine rings is 1. The van der Waals surface area contributed by atoms with Crippen molar-refractivity contribution >= 4 is 16.6 Å². The topological polar surface area (TPSA) is 45.1 Å².